The molecule has 3 aromatic rings. The lowest BCUT2D eigenvalue weighted by Gasteiger charge is -2.48. The van der Waals surface area contributed by atoms with Gasteiger partial charge < -0.3 is 19.4 Å². The van der Waals surface area contributed by atoms with Crippen LogP contribution in [0.5, 0.6) is 0 Å². The minimum absolute atomic E-state index is 0.0295. The van der Waals surface area contributed by atoms with E-state index in [4.69, 9.17) is 9.72 Å². The number of aryl methyl sites for hydroxylation is 1. The van der Waals surface area contributed by atoms with Gasteiger partial charge in [0.05, 0.1) is 66.9 Å². The number of hydrogen-bond donors (Lipinski definition) is 0. The molecule has 0 spiro atoms. The molecule has 0 N–H and O–H groups in total. The number of piperazine rings is 1. The highest BCUT2D eigenvalue weighted by Crippen LogP contribution is 2.37. The van der Waals surface area contributed by atoms with E-state index in [1.165, 1.54) is 37.4 Å². The molecule has 2 aromatic heterocycles. The molecule has 12 nitrogen and oxygen atoms in total. The van der Waals surface area contributed by atoms with E-state index >= 15 is 0 Å². The Morgan fingerprint density at radius 3 is 2.60 bits per heavy atom. The predicted octanol–water partition coefficient (Wildman–Crippen LogP) is 3.13. The van der Waals surface area contributed by atoms with E-state index < -0.39 is 34.6 Å². The fourth-order valence-electron chi connectivity index (χ4n) is 5.98. The van der Waals surface area contributed by atoms with Crippen LogP contribution in [0.25, 0.3) is 16.6 Å². The summed E-state index contributed by atoms with van der Waals surface area (Å²) in [4.78, 5) is 40.8. The van der Waals surface area contributed by atoms with E-state index in [9.17, 15) is 33.3 Å². The van der Waals surface area contributed by atoms with Crippen LogP contribution in [0.2, 0.25) is 0 Å². The molecule has 45 heavy (non-hydrogen) atoms. The van der Waals surface area contributed by atoms with Gasteiger partial charge in [-0.1, -0.05) is 18.7 Å². The number of benzene rings is 1. The van der Waals surface area contributed by atoms with E-state index in [-0.39, 0.29) is 79.7 Å². The Bertz CT molecular complexity index is 1790. The van der Waals surface area contributed by atoms with Gasteiger partial charge in [-0.3, -0.25) is 9.59 Å². The maximum absolute atomic E-state index is 14.1. The van der Waals surface area contributed by atoms with Crippen molar-refractivity contribution in [2.24, 2.45) is 0 Å². The van der Waals surface area contributed by atoms with Crippen LogP contribution in [-0.4, -0.2) is 81.5 Å². The molecule has 0 aliphatic carbocycles. The lowest BCUT2D eigenvalue weighted by Crippen LogP contribution is -2.64. The van der Waals surface area contributed by atoms with Gasteiger partial charge in [-0.2, -0.15) is 38.5 Å². The SMILES string of the molecule is C=CC(=O)N1CCN(c2nc(N3CC(CC#N)(OCC)C3)nc3c(=O)n(-c4cccc(C)c4C(F)(F)F)ncc23)CC1CC#N. The third-order valence-electron chi connectivity index (χ3n) is 8.03. The van der Waals surface area contributed by atoms with Gasteiger partial charge in [0.2, 0.25) is 11.9 Å². The summed E-state index contributed by atoms with van der Waals surface area (Å²) in [7, 11) is 0. The van der Waals surface area contributed by atoms with E-state index in [1.807, 2.05) is 11.8 Å². The highest BCUT2D eigenvalue weighted by atomic mass is 19.4. The summed E-state index contributed by atoms with van der Waals surface area (Å²) in [5.74, 6) is 0.0915. The average Bonchev–Trinajstić information content (AvgIpc) is 2.98. The van der Waals surface area contributed by atoms with E-state index in [0.717, 1.165) is 0 Å². The number of fused-ring (bicyclic) bond motifs is 1. The number of amides is 1. The first-order valence-electron chi connectivity index (χ1n) is 14.2. The first-order valence-corrected chi connectivity index (χ1v) is 14.2. The van der Waals surface area contributed by atoms with Gasteiger partial charge in [0.1, 0.15) is 16.9 Å². The van der Waals surface area contributed by atoms with E-state index in [0.29, 0.717) is 11.3 Å². The van der Waals surface area contributed by atoms with Crippen molar-refractivity contribution >= 4 is 28.6 Å². The second-order valence-electron chi connectivity index (χ2n) is 10.9. The number of carbonyl (C=O) groups is 1. The van der Waals surface area contributed by atoms with Crippen LogP contribution < -0.4 is 15.4 Å². The van der Waals surface area contributed by atoms with Crippen molar-refractivity contribution in [2.75, 3.05) is 49.1 Å². The molecule has 2 aliphatic heterocycles. The molecule has 5 rings (SSSR count). The molecule has 1 atom stereocenters. The number of halogens is 3. The maximum Gasteiger partial charge on any atom is 0.418 e. The van der Waals surface area contributed by atoms with Crippen molar-refractivity contribution in [2.45, 2.75) is 44.5 Å². The van der Waals surface area contributed by atoms with Crippen LogP contribution >= 0.6 is 0 Å². The standard InChI is InChI=1S/C30H30F3N9O3/c1-4-23(43)41-14-13-39(16-20(41)9-11-34)26-21-15-36-42(22-8-6-7-19(3)24(22)30(31,32)33)27(44)25(21)37-28(38-26)40-17-29(18-40,10-12-35)45-5-2/h4,6-8,15,20H,1,5,9-10,13-14,16-18H2,2-3H3. The monoisotopic (exact) mass is 621 g/mol. The fraction of sp³-hybridized carbons (Fsp3) is 0.433. The van der Waals surface area contributed by atoms with Gasteiger partial charge in [-0.25, -0.2) is 4.98 Å². The number of hydrogen-bond acceptors (Lipinski definition) is 10. The molecular formula is C30H30F3N9O3. The van der Waals surface area contributed by atoms with Crippen LogP contribution in [-0.2, 0) is 15.7 Å². The lowest BCUT2D eigenvalue weighted by atomic mass is 9.91. The topological polar surface area (TPSA) is 144 Å². The summed E-state index contributed by atoms with van der Waals surface area (Å²) in [6.45, 7) is 8.26. The van der Waals surface area contributed by atoms with Crippen LogP contribution in [0.15, 0.2) is 41.8 Å². The highest BCUT2D eigenvalue weighted by molar-refractivity contribution is 5.90. The quantitative estimate of drug-likeness (QED) is 0.344. The number of nitrogens with zero attached hydrogens (tertiary/aromatic N) is 9. The summed E-state index contributed by atoms with van der Waals surface area (Å²) < 4.78 is 48.9. The number of carbonyl (C=O) groups excluding carboxylic acids is 1. The minimum atomic E-state index is -4.75. The first kappa shape index (κ1) is 31.4. The Morgan fingerprint density at radius 2 is 1.96 bits per heavy atom. The molecule has 0 bridgehead atoms. The molecule has 0 radical (unpaired) electrons. The minimum Gasteiger partial charge on any atom is -0.370 e. The normalized spacial score (nSPS) is 17.8. The lowest BCUT2D eigenvalue weighted by molar-refractivity contribution is -0.138. The predicted molar refractivity (Wildman–Crippen MR) is 158 cm³/mol. The van der Waals surface area contributed by atoms with Gasteiger partial charge in [0.25, 0.3) is 5.56 Å². The zero-order chi connectivity index (χ0) is 32.5. The molecule has 1 aromatic carbocycles. The Balaban J connectivity index is 1.66. The smallest absolute Gasteiger partial charge is 0.370 e. The van der Waals surface area contributed by atoms with Crippen molar-refractivity contribution in [3.63, 3.8) is 0 Å². The second-order valence-corrected chi connectivity index (χ2v) is 10.9. The van der Waals surface area contributed by atoms with E-state index in [1.54, 1.807) is 9.80 Å². The Labute approximate surface area is 256 Å². The number of rotatable bonds is 8. The molecule has 0 saturated carbocycles. The molecule has 1 amide bonds. The van der Waals surface area contributed by atoms with Crippen LogP contribution in [0.4, 0.5) is 24.9 Å². The summed E-state index contributed by atoms with van der Waals surface area (Å²) in [6, 6.07) is 7.62. The molecule has 4 heterocycles. The third kappa shape index (κ3) is 5.79. The zero-order valence-corrected chi connectivity index (χ0v) is 24.7. The maximum atomic E-state index is 14.1. The number of alkyl halides is 3. The first-order chi connectivity index (χ1) is 21.5. The van der Waals surface area contributed by atoms with Crippen LogP contribution in [0.1, 0.15) is 30.9 Å². The number of anilines is 2. The van der Waals surface area contributed by atoms with Gasteiger partial charge >= 0.3 is 6.18 Å². The largest absolute Gasteiger partial charge is 0.418 e. The Morgan fingerprint density at radius 1 is 1.20 bits per heavy atom. The fourth-order valence-corrected chi connectivity index (χ4v) is 5.98. The van der Waals surface area contributed by atoms with Crippen molar-refractivity contribution < 1.29 is 22.7 Å². The number of nitriles is 2. The second kappa shape index (κ2) is 12.2. The Kier molecular flexibility index (Phi) is 8.49. The molecule has 2 saturated heterocycles. The molecular weight excluding hydrogens is 591 g/mol. The van der Waals surface area contributed by atoms with Gasteiger partial charge in [0.15, 0.2) is 0 Å². The molecule has 15 heteroatoms. The Hall–Kier alpha value is -5.02. The van der Waals surface area contributed by atoms with Crippen LogP contribution in [0, 0.1) is 29.6 Å². The molecule has 2 fully saturated rings. The summed E-state index contributed by atoms with van der Waals surface area (Å²) in [5.41, 5.74) is -3.28. The van der Waals surface area contributed by atoms with Crippen molar-refractivity contribution in [3.8, 4) is 17.8 Å². The van der Waals surface area contributed by atoms with Gasteiger partial charge in [-0.15, -0.1) is 0 Å². The van der Waals surface area contributed by atoms with E-state index in [2.05, 4.69) is 28.8 Å². The summed E-state index contributed by atoms with van der Waals surface area (Å²) in [6.07, 6.45) is -2.16. The summed E-state index contributed by atoms with van der Waals surface area (Å²) in [5, 5.41) is 23.1. The van der Waals surface area contributed by atoms with Crippen molar-refractivity contribution in [1.82, 2.24) is 24.6 Å². The molecule has 234 valence electrons. The zero-order valence-electron chi connectivity index (χ0n) is 24.7. The van der Waals surface area contributed by atoms with Crippen LogP contribution in [0.3, 0.4) is 0 Å². The highest BCUT2D eigenvalue weighted by Gasteiger charge is 2.46. The van der Waals surface area contributed by atoms with Gasteiger partial charge in [-0.05, 0) is 31.6 Å². The number of aromatic nitrogens is 4. The van der Waals surface area contributed by atoms with Crippen molar-refractivity contribution in [3.05, 3.63) is 58.5 Å². The van der Waals surface area contributed by atoms with Gasteiger partial charge in [0, 0.05) is 26.2 Å². The number of ether oxygens (including phenoxy) is 1. The third-order valence-corrected chi connectivity index (χ3v) is 8.03. The molecule has 1 unspecified atom stereocenters. The average molecular weight is 622 g/mol. The molecule has 2 aliphatic rings. The van der Waals surface area contributed by atoms with Crippen molar-refractivity contribution in [1.29, 1.82) is 10.5 Å². The summed E-state index contributed by atoms with van der Waals surface area (Å²) >= 11 is 0.